The van der Waals surface area contributed by atoms with Crippen molar-refractivity contribution in [2.45, 2.75) is 38.8 Å². The number of amides is 1. The number of fused-ring (bicyclic) bond motifs is 1. The molecule has 1 aromatic heterocycles. The molecule has 0 radical (unpaired) electrons. The van der Waals surface area contributed by atoms with Gasteiger partial charge in [0, 0.05) is 12.2 Å². The summed E-state index contributed by atoms with van der Waals surface area (Å²) in [5, 5.41) is 2.95. The summed E-state index contributed by atoms with van der Waals surface area (Å²) in [6.45, 7) is 2.39. The molecule has 6 heteroatoms. The van der Waals surface area contributed by atoms with Crippen LogP contribution in [0.2, 0.25) is 0 Å². The van der Waals surface area contributed by atoms with Crippen LogP contribution < -0.4 is 20.3 Å². The Morgan fingerprint density at radius 1 is 1.24 bits per heavy atom. The van der Waals surface area contributed by atoms with Crippen LogP contribution in [0.5, 0.6) is 11.5 Å². The summed E-state index contributed by atoms with van der Waals surface area (Å²) in [5.74, 6) is 1.12. The molecular weight excluding hydrogens is 320 g/mol. The first-order chi connectivity index (χ1) is 12.1. The second-order valence-electron chi connectivity index (χ2n) is 6.60. The quantitative estimate of drug-likeness (QED) is 0.926. The number of carbonyl (C=O) groups is 1. The predicted molar refractivity (Wildman–Crippen MR) is 92.2 cm³/mol. The second kappa shape index (κ2) is 6.27. The van der Waals surface area contributed by atoms with Crippen LogP contribution in [0.3, 0.4) is 0 Å². The fraction of sp³-hybridized carbons (Fsp3) is 0.368. The summed E-state index contributed by atoms with van der Waals surface area (Å²) in [6, 6.07) is 7.61. The minimum atomic E-state index is -0.271. The lowest BCUT2D eigenvalue weighted by molar-refractivity contribution is 0.0914. The van der Waals surface area contributed by atoms with Gasteiger partial charge in [-0.05, 0) is 55.5 Å². The highest BCUT2D eigenvalue weighted by molar-refractivity contribution is 5.95. The summed E-state index contributed by atoms with van der Waals surface area (Å²) in [6.07, 6.45) is 4.83. The Kier molecular flexibility index (Phi) is 3.95. The molecule has 6 nitrogen and oxygen atoms in total. The van der Waals surface area contributed by atoms with E-state index in [2.05, 4.69) is 5.32 Å². The van der Waals surface area contributed by atoms with Crippen LogP contribution in [-0.2, 0) is 6.54 Å². The van der Waals surface area contributed by atoms with Crippen LogP contribution in [0, 0.1) is 6.92 Å². The fourth-order valence-electron chi connectivity index (χ4n) is 3.11. The molecule has 25 heavy (non-hydrogen) atoms. The highest BCUT2D eigenvalue weighted by Gasteiger charge is 2.23. The fourth-order valence-corrected chi connectivity index (χ4v) is 3.11. The van der Waals surface area contributed by atoms with Crippen LogP contribution in [-0.4, -0.2) is 23.3 Å². The molecule has 2 aromatic rings. The van der Waals surface area contributed by atoms with Crippen LogP contribution >= 0.6 is 0 Å². The van der Waals surface area contributed by atoms with Gasteiger partial charge in [0.15, 0.2) is 11.5 Å². The number of nitrogens with zero attached hydrogens (tertiary/aromatic N) is 1. The number of nitrogens with one attached hydrogen (secondary N) is 1. The number of benzene rings is 1. The van der Waals surface area contributed by atoms with Crippen molar-refractivity contribution in [3.63, 3.8) is 0 Å². The molecule has 1 aliphatic carbocycles. The molecule has 0 bridgehead atoms. The SMILES string of the molecule is Cc1ccn(Cc2ccc3c(c2)OCO3)c(=O)c1C(=O)NC1CCC1. The smallest absolute Gasteiger partial charge is 0.263 e. The van der Waals surface area contributed by atoms with Crippen molar-refractivity contribution in [1.82, 2.24) is 9.88 Å². The first-order valence-corrected chi connectivity index (χ1v) is 8.51. The molecule has 1 aromatic carbocycles. The molecule has 2 aliphatic rings. The largest absolute Gasteiger partial charge is 0.454 e. The maximum Gasteiger partial charge on any atom is 0.263 e. The summed E-state index contributed by atoms with van der Waals surface area (Å²) in [5.41, 5.74) is 1.58. The third-order valence-corrected chi connectivity index (χ3v) is 4.83. The Labute approximate surface area is 145 Å². The molecule has 1 aliphatic heterocycles. The number of ether oxygens (including phenoxy) is 2. The van der Waals surface area contributed by atoms with E-state index in [1.807, 2.05) is 24.3 Å². The van der Waals surface area contributed by atoms with Crippen molar-refractivity contribution in [3.05, 3.63) is 57.5 Å². The summed E-state index contributed by atoms with van der Waals surface area (Å²) in [7, 11) is 0. The normalized spacial score (nSPS) is 15.7. The molecule has 1 fully saturated rings. The Balaban J connectivity index is 1.60. The molecule has 130 valence electrons. The summed E-state index contributed by atoms with van der Waals surface area (Å²) < 4.78 is 12.2. The molecule has 2 heterocycles. The van der Waals surface area contributed by atoms with Crippen LogP contribution in [0.15, 0.2) is 35.3 Å². The number of hydrogen-bond acceptors (Lipinski definition) is 4. The Bertz CT molecular complexity index is 883. The topological polar surface area (TPSA) is 69.6 Å². The number of aryl methyl sites for hydroxylation is 1. The lowest BCUT2D eigenvalue weighted by Gasteiger charge is -2.26. The number of rotatable bonds is 4. The van der Waals surface area contributed by atoms with E-state index in [-0.39, 0.29) is 29.9 Å². The second-order valence-corrected chi connectivity index (χ2v) is 6.60. The van der Waals surface area contributed by atoms with Crippen LogP contribution in [0.25, 0.3) is 0 Å². The maximum absolute atomic E-state index is 12.8. The highest BCUT2D eigenvalue weighted by Crippen LogP contribution is 2.32. The van der Waals surface area contributed by atoms with Crippen molar-refractivity contribution in [2.75, 3.05) is 6.79 Å². The highest BCUT2D eigenvalue weighted by atomic mass is 16.7. The zero-order chi connectivity index (χ0) is 17.4. The van der Waals surface area contributed by atoms with E-state index in [1.165, 1.54) is 0 Å². The minimum absolute atomic E-state index is 0.203. The minimum Gasteiger partial charge on any atom is -0.454 e. The Hall–Kier alpha value is -2.76. The van der Waals surface area contributed by atoms with Crippen molar-refractivity contribution < 1.29 is 14.3 Å². The summed E-state index contributed by atoms with van der Waals surface area (Å²) in [4.78, 5) is 25.3. The van der Waals surface area contributed by atoms with Crippen LogP contribution in [0.1, 0.15) is 40.7 Å². The number of hydrogen-bond donors (Lipinski definition) is 1. The van der Waals surface area contributed by atoms with Crippen molar-refractivity contribution in [1.29, 1.82) is 0 Å². The lowest BCUT2D eigenvalue weighted by atomic mass is 9.93. The molecule has 0 spiro atoms. The van der Waals surface area contributed by atoms with E-state index in [4.69, 9.17) is 9.47 Å². The van der Waals surface area contributed by atoms with Gasteiger partial charge in [-0.3, -0.25) is 9.59 Å². The molecule has 4 rings (SSSR count). The predicted octanol–water partition coefficient (Wildman–Crippen LogP) is 2.22. The van der Waals surface area contributed by atoms with E-state index < -0.39 is 0 Å². The van der Waals surface area contributed by atoms with Gasteiger partial charge in [-0.1, -0.05) is 6.07 Å². The number of aromatic nitrogens is 1. The molecule has 1 saturated carbocycles. The van der Waals surface area contributed by atoms with E-state index >= 15 is 0 Å². The molecule has 0 unspecified atom stereocenters. The molecule has 1 amide bonds. The third-order valence-electron chi connectivity index (χ3n) is 4.83. The van der Waals surface area contributed by atoms with Gasteiger partial charge in [-0.2, -0.15) is 0 Å². The third kappa shape index (κ3) is 2.99. The Morgan fingerprint density at radius 3 is 2.80 bits per heavy atom. The van der Waals surface area contributed by atoms with Crippen LogP contribution in [0.4, 0.5) is 0 Å². The van der Waals surface area contributed by atoms with E-state index in [0.717, 1.165) is 24.8 Å². The molecule has 1 N–H and O–H groups in total. The average Bonchev–Trinajstić information content (AvgIpc) is 3.01. The van der Waals surface area contributed by atoms with Crippen molar-refractivity contribution in [2.24, 2.45) is 0 Å². The zero-order valence-corrected chi connectivity index (χ0v) is 14.1. The van der Waals surface area contributed by atoms with Gasteiger partial charge in [0.1, 0.15) is 5.56 Å². The van der Waals surface area contributed by atoms with Gasteiger partial charge >= 0.3 is 0 Å². The number of pyridine rings is 1. The first kappa shape index (κ1) is 15.7. The first-order valence-electron chi connectivity index (χ1n) is 8.51. The number of carbonyl (C=O) groups excluding carboxylic acids is 1. The van der Waals surface area contributed by atoms with Gasteiger partial charge < -0.3 is 19.4 Å². The maximum atomic E-state index is 12.8. The van der Waals surface area contributed by atoms with Gasteiger partial charge in [-0.15, -0.1) is 0 Å². The molecule has 0 atom stereocenters. The van der Waals surface area contributed by atoms with E-state index in [0.29, 0.717) is 23.6 Å². The van der Waals surface area contributed by atoms with Crippen molar-refractivity contribution >= 4 is 5.91 Å². The van der Waals surface area contributed by atoms with Gasteiger partial charge in [0.05, 0.1) is 6.54 Å². The lowest BCUT2D eigenvalue weighted by Crippen LogP contribution is -2.42. The van der Waals surface area contributed by atoms with Crippen molar-refractivity contribution in [3.8, 4) is 11.5 Å². The summed E-state index contributed by atoms with van der Waals surface area (Å²) >= 11 is 0. The van der Waals surface area contributed by atoms with Gasteiger partial charge in [0.25, 0.3) is 11.5 Å². The molecule has 0 saturated heterocycles. The zero-order valence-electron chi connectivity index (χ0n) is 14.1. The molecular formula is C19H20N2O4. The van der Waals surface area contributed by atoms with Gasteiger partial charge in [0.2, 0.25) is 6.79 Å². The average molecular weight is 340 g/mol. The monoisotopic (exact) mass is 340 g/mol. The van der Waals surface area contributed by atoms with E-state index in [9.17, 15) is 9.59 Å². The standard InChI is InChI=1S/C19H20N2O4/c1-12-7-8-21(10-13-5-6-15-16(9-13)25-11-24-15)19(23)17(12)18(22)20-14-3-2-4-14/h5-9,14H,2-4,10-11H2,1H3,(H,20,22). The van der Waals surface area contributed by atoms with Gasteiger partial charge in [-0.25, -0.2) is 0 Å². The van der Waals surface area contributed by atoms with E-state index in [1.54, 1.807) is 17.7 Å². The Morgan fingerprint density at radius 2 is 2.04 bits per heavy atom.